The number of para-hydroxylation sites is 2. The quantitative estimate of drug-likeness (QED) is 0.668. The molecule has 1 aromatic heterocycles. The van der Waals surface area contributed by atoms with E-state index in [1.807, 2.05) is 18.7 Å². The minimum atomic E-state index is -4.54. The first-order chi connectivity index (χ1) is 13.7. The molecule has 2 aromatic carbocycles. The third-order valence-electron chi connectivity index (χ3n) is 4.58. The number of benzene rings is 2. The van der Waals surface area contributed by atoms with Crippen LogP contribution in [-0.2, 0) is 17.5 Å². The van der Waals surface area contributed by atoms with E-state index in [2.05, 4.69) is 5.32 Å². The maximum Gasteiger partial charge on any atom is 0.420 e. The number of carbonyl (C=O) groups excluding carboxylic acids is 1. The van der Waals surface area contributed by atoms with Crippen LogP contribution in [0.2, 0.25) is 0 Å². The fourth-order valence-electron chi connectivity index (χ4n) is 3.15. The van der Waals surface area contributed by atoms with E-state index in [-0.39, 0.29) is 12.2 Å². The summed E-state index contributed by atoms with van der Waals surface area (Å²) in [5.41, 5.74) is 0.401. The molecule has 6 nitrogen and oxygen atoms in total. The predicted octanol–water partition coefficient (Wildman–Crippen LogP) is 4.10. The van der Waals surface area contributed by atoms with E-state index in [9.17, 15) is 22.8 Å². The molecule has 154 valence electrons. The van der Waals surface area contributed by atoms with Crippen LogP contribution in [0.1, 0.15) is 19.4 Å². The van der Waals surface area contributed by atoms with Crippen molar-refractivity contribution in [3.8, 4) is 0 Å². The molecule has 1 N–H and O–H groups in total. The number of nitrogens with one attached hydrogen (secondary N) is 1. The van der Waals surface area contributed by atoms with Gasteiger partial charge in [0.15, 0.2) is 5.58 Å². The van der Waals surface area contributed by atoms with Crippen molar-refractivity contribution in [3.05, 3.63) is 58.6 Å². The monoisotopic (exact) mass is 407 g/mol. The average molecular weight is 407 g/mol. The molecule has 0 radical (unpaired) electrons. The SMILES string of the molecule is CCN(CC)c1ccc(C(F)(F)F)cc1NC(=O)Cn1c(=O)oc2ccccc21. The Balaban J connectivity index is 1.93. The second-order valence-corrected chi connectivity index (χ2v) is 6.37. The minimum Gasteiger partial charge on any atom is -0.408 e. The summed E-state index contributed by atoms with van der Waals surface area (Å²) < 4.78 is 45.7. The van der Waals surface area contributed by atoms with Gasteiger partial charge in [-0.05, 0) is 44.2 Å². The number of anilines is 2. The zero-order valence-electron chi connectivity index (χ0n) is 15.9. The molecule has 0 aliphatic heterocycles. The Morgan fingerprint density at radius 3 is 2.48 bits per heavy atom. The Kier molecular flexibility index (Phi) is 5.67. The summed E-state index contributed by atoms with van der Waals surface area (Å²) in [5.74, 6) is -1.35. The zero-order valence-corrected chi connectivity index (χ0v) is 15.9. The Hall–Kier alpha value is -3.23. The molecule has 0 aliphatic rings. The van der Waals surface area contributed by atoms with E-state index >= 15 is 0 Å². The van der Waals surface area contributed by atoms with Gasteiger partial charge in [-0.25, -0.2) is 4.79 Å². The molecule has 0 bridgehead atoms. The lowest BCUT2D eigenvalue weighted by atomic mass is 10.1. The molecule has 0 saturated carbocycles. The first kappa shape index (κ1) is 20.5. The molecule has 29 heavy (non-hydrogen) atoms. The fourth-order valence-corrected chi connectivity index (χ4v) is 3.15. The van der Waals surface area contributed by atoms with Gasteiger partial charge in [-0.1, -0.05) is 12.1 Å². The predicted molar refractivity (Wildman–Crippen MR) is 104 cm³/mol. The van der Waals surface area contributed by atoms with Crippen molar-refractivity contribution >= 4 is 28.4 Å². The van der Waals surface area contributed by atoms with Crippen LogP contribution >= 0.6 is 0 Å². The lowest BCUT2D eigenvalue weighted by Crippen LogP contribution is -2.27. The minimum absolute atomic E-state index is 0.0365. The van der Waals surface area contributed by atoms with E-state index in [0.29, 0.717) is 29.9 Å². The molecule has 3 rings (SSSR count). The van der Waals surface area contributed by atoms with E-state index in [4.69, 9.17) is 4.42 Å². The van der Waals surface area contributed by atoms with Crippen molar-refractivity contribution in [2.45, 2.75) is 26.6 Å². The lowest BCUT2D eigenvalue weighted by molar-refractivity contribution is -0.137. The number of nitrogens with zero attached hydrogens (tertiary/aromatic N) is 2. The number of hydrogen-bond acceptors (Lipinski definition) is 4. The van der Waals surface area contributed by atoms with Crippen molar-refractivity contribution in [1.29, 1.82) is 0 Å². The van der Waals surface area contributed by atoms with Gasteiger partial charge in [0.05, 0.1) is 22.5 Å². The first-order valence-corrected chi connectivity index (χ1v) is 9.09. The highest BCUT2D eigenvalue weighted by atomic mass is 19.4. The molecule has 0 aliphatic carbocycles. The maximum absolute atomic E-state index is 13.2. The largest absolute Gasteiger partial charge is 0.420 e. The summed E-state index contributed by atoms with van der Waals surface area (Å²) >= 11 is 0. The van der Waals surface area contributed by atoms with E-state index in [1.165, 1.54) is 6.07 Å². The lowest BCUT2D eigenvalue weighted by Gasteiger charge is -2.25. The molecule has 0 saturated heterocycles. The number of aromatic nitrogens is 1. The molecule has 3 aromatic rings. The van der Waals surface area contributed by atoms with Crippen molar-refractivity contribution < 1.29 is 22.4 Å². The number of amides is 1. The number of carbonyl (C=O) groups is 1. The second-order valence-electron chi connectivity index (χ2n) is 6.37. The van der Waals surface area contributed by atoms with Crippen LogP contribution in [0.4, 0.5) is 24.5 Å². The molecule has 0 atom stereocenters. The van der Waals surface area contributed by atoms with Crippen molar-refractivity contribution in [2.75, 3.05) is 23.3 Å². The summed E-state index contributed by atoms with van der Waals surface area (Å²) in [5, 5.41) is 2.52. The smallest absolute Gasteiger partial charge is 0.408 e. The third kappa shape index (κ3) is 4.28. The Labute approximate surface area is 164 Å². The van der Waals surface area contributed by atoms with Gasteiger partial charge in [0, 0.05) is 13.1 Å². The molecule has 1 amide bonds. The van der Waals surface area contributed by atoms with Crippen LogP contribution in [0.15, 0.2) is 51.7 Å². The second kappa shape index (κ2) is 8.02. The van der Waals surface area contributed by atoms with Gasteiger partial charge < -0.3 is 14.6 Å². The summed E-state index contributed by atoms with van der Waals surface area (Å²) in [6, 6.07) is 9.82. The van der Waals surface area contributed by atoms with Crippen LogP contribution in [0.25, 0.3) is 11.1 Å². The van der Waals surface area contributed by atoms with Gasteiger partial charge in [-0.3, -0.25) is 9.36 Å². The first-order valence-electron chi connectivity index (χ1n) is 9.09. The zero-order chi connectivity index (χ0) is 21.2. The van der Waals surface area contributed by atoms with Crippen LogP contribution in [0.3, 0.4) is 0 Å². The summed E-state index contributed by atoms with van der Waals surface area (Å²) in [6.45, 7) is 4.45. The Morgan fingerprint density at radius 1 is 1.14 bits per heavy atom. The molecular formula is C20H20F3N3O3. The van der Waals surface area contributed by atoms with Gasteiger partial charge in [-0.2, -0.15) is 13.2 Å². The highest BCUT2D eigenvalue weighted by molar-refractivity contribution is 5.95. The summed E-state index contributed by atoms with van der Waals surface area (Å²) in [4.78, 5) is 26.4. The Bertz CT molecular complexity index is 1080. The number of hydrogen-bond donors (Lipinski definition) is 1. The standard InChI is InChI=1S/C20H20F3N3O3/c1-3-25(4-2)15-10-9-13(20(21,22)23)11-14(15)24-18(27)12-26-16-7-5-6-8-17(16)29-19(26)28/h5-11H,3-4,12H2,1-2H3,(H,24,27). The van der Waals surface area contributed by atoms with Gasteiger partial charge in [0.2, 0.25) is 5.91 Å². The molecule has 9 heteroatoms. The van der Waals surface area contributed by atoms with E-state index in [1.54, 1.807) is 24.3 Å². The van der Waals surface area contributed by atoms with Crippen LogP contribution in [0, 0.1) is 0 Å². The molecule has 0 spiro atoms. The molecular weight excluding hydrogens is 387 g/mol. The van der Waals surface area contributed by atoms with E-state index < -0.39 is 23.4 Å². The normalized spacial score (nSPS) is 11.6. The number of halogens is 3. The Morgan fingerprint density at radius 2 is 1.83 bits per heavy atom. The average Bonchev–Trinajstić information content (AvgIpc) is 2.98. The van der Waals surface area contributed by atoms with Crippen molar-refractivity contribution in [3.63, 3.8) is 0 Å². The molecule has 0 fully saturated rings. The van der Waals surface area contributed by atoms with Crippen LogP contribution in [-0.4, -0.2) is 23.6 Å². The third-order valence-corrected chi connectivity index (χ3v) is 4.58. The fraction of sp³-hybridized carbons (Fsp3) is 0.300. The highest BCUT2D eigenvalue weighted by Crippen LogP contribution is 2.35. The van der Waals surface area contributed by atoms with Crippen LogP contribution < -0.4 is 16.0 Å². The van der Waals surface area contributed by atoms with Gasteiger partial charge in [0.1, 0.15) is 6.54 Å². The van der Waals surface area contributed by atoms with Gasteiger partial charge >= 0.3 is 11.9 Å². The van der Waals surface area contributed by atoms with Crippen molar-refractivity contribution in [2.24, 2.45) is 0 Å². The highest BCUT2D eigenvalue weighted by Gasteiger charge is 2.31. The van der Waals surface area contributed by atoms with Crippen molar-refractivity contribution in [1.82, 2.24) is 4.57 Å². The van der Waals surface area contributed by atoms with Gasteiger partial charge in [-0.15, -0.1) is 0 Å². The topological polar surface area (TPSA) is 67.5 Å². The molecule has 1 heterocycles. The summed E-state index contributed by atoms with van der Waals surface area (Å²) in [7, 11) is 0. The summed E-state index contributed by atoms with van der Waals surface area (Å²) in [6.07, 6.45) is -4.54. The number of fused-ring (bicyclic) bond motifs is 1. The van der Waals surface area contributed by atoms with E-state index in [0.717, 1.165) is 16.7 Å². The molecule has 0 unspecified atom stereocenters. The van der Waals surface area contributed by atoms with Gasteiger partial charge in [0.25, 0.3) is 0 Å². The van der Waals surface area contributed by atoms with Crippen LogP contribution in [0.5, 0.6) is 0 Å². The number of alkyl halides is 3. The maximum atomic E-state index is 13.2. The number of oxazole rings is 1. The number of rotatable bonds is 6.